The normalized spacial score (nSPS) is 13.3. The summed E-state index contributed by atoms with van der Waals surface area (Å²) in [5.74, 6) is -3.02. The van der Waals surface area contributed by atoms with Gasteiger partial charge in [-0.05, 0) is 43.7 Å². The Bertz CT molecular complexity index is 739. The third-order valence-corrected chi connectivity index (χ3v) is 3.37. The minimum Gasteiger partial charge on any atom is -0.504 e. The van der Waals surface area contributed by atoms with Crippen LogP contribution >= 0.6 is 0 Å². The first-order chi connectivity index (χ1) is 11.2. The van der Waals surface area contributed by atoms with Crippen LogP contribution in [-0.2, 0) is 0 Å². The highest BCUT2D eigenvalue weighted by Crippen LogP contribution is 2.43. The van der Waals surface area contributed by atoms with E-state index in [1.165, 1.54) is 32.0 Å². The standard InChI is InChI=1S/C16H18O8/c1-7(17)9-5-12(20)15(22)13(6-9)23-24-16-11(19)4-3-10(8(2)18)14(16)21/h3-8,17-22H,1-2H3. The Hall–Kier alpha value is -2.84. The van der Waals surface area contributed by atoms with Gasteiger partial charge in [0.2, 0.25) is 11.5 Å². The lowest BCUT2D eigenvalue weighted by molar-refractivity contribution is -0.105. The fourth-order valence-electron chi connectivity index (χ4n) is 2.00. The molecule has 6 N–H and O–H groups in total. The summed E-state index contributed by atoms with van der Waals surface area (Å²) in [5, 5.41) is 58.2. The number of rotatable bonds is 5. The van der Waals surface area contributed by atoms with Gasteiger partial charge in [-0.25, -0.2) is 0 Å². The van der Waals surface area contributed by atoms with E-state index >= 15 is 0 Å². The van der Waals surface area contributed by atoms with Crippen molar-refractivity contribution in [3.8, 4) is 34.5 Å². The van der Waals surface area contributed by atoms with Crippen molar-refractivity contribution in [2.75, 3.05) is 0 Å². The van der Waals surface area contributed by atoms with Crippen LogP contribution in [0.25, 0.3) is 0 Å². The topological polar surface area (TPSA) is 140 Å². The van der Waals surface area contributed by atoms with Crippen LogP contribution in [-0.4, -0.2) is 30.6 Å². The van der Waals surface area contributed by atoms with Crippen molar-refractivity contribution >= 4 is 0 Å². The second kappa shape index (κ2) is 6.73. The van der Waals surface area contributed by atoms with E-state index in [0.717, 1.165) is 6.07 Å². The molecule has 0 aliphatic heterocycles. The van der Waals surface area contributed by atoms with Gasteiger partial charge in [-0.1, -0.05) is 0 Å². The molecule has 24 heavy (non-hydrogen) atoms. The first-order valence-electron chi connectivity index (χ1n) is 7.03. The predicted molar refractivity (Wildman–Crippen MR) is 82.1 cm³/mol. The Morgan fingerprint density at radius 2 is 1.46 bits per heavy atom. The third kappa shape index (κ3) is 3.39. The summed E-state index contributed by atoms with van der Waals surface area (Å²) in [4.78, 5) is 9.72. The van der Waals surface area contributed by atoms with Crippen LogP contribution in [0.2, 0.25) is 0 Å². The molecule has 130 valence electrons. The van der Waals surface area contributed by atoms with Gasteiger partial charge in [-0.2, -0.15) is 0 Å². The van der Waals surface area contributed by atoms with Crippen LogP contribution in [0.4, 0.5) is 0 Å². The molecule has 0 saturated heterocycles. The average Bonchev–Trinajstić information content (AvgIpc) is 2.50. The Kier molecular flexibility index (Phi) is 4.91. The van der Waals surface area contributed by atoms with Gasteiger partial charge < -0.3 is 30.6 Å². The van der Waals surface area contributed by atoms with E-state index in [1.807, 2.05) is 0 Å². The van der Waals surface area contributed by atoms with Crippen molar-refractivity contribution in [1.82, 2.24) is 0 Å². The Balaban J connectivity index is 2.34. The highest BCUT2D eigenvalue weighted by atomic mass is 17.2. The van der Waals surface area contributed by atoms with Gasteiger partial charge in [0.1, 0.15) is 0 Å². The minimum atomic E-state index is -1.02. The van der Waals surface area contributed by atoms with Crippen molar-refractivity contribution in [3.63, 3.8) is 0 Å². The number of phenols is 4. The highest BCUT2D eigenvalue weighted by Gasteiger charge is 2.20. The summed E-state index contributed by atoms with van der Waals surface area (Å²) < 4.78 is 0. The second-order valence-electron chi connectivity index (χ2n) is 5.26. The van der Waals surface area contributed by atoms with Crippen molar-refractivity contribution in [3.05, 3.63) is 35.4 Å². The van der Waals surface area contributed by atoms with Gasteiger partial charge in [-0.3, -0.25) is 9.78 Å². The molecule has 0 saturated carbocycles. The maximum absolute atomic E-state index is 10.0. The van der Waals surface area contributed by atoms with E-state index < -0.39 is 41.0 Å². The molecule has 0 aromatic heterocycles. The van der Waals surface area contributed by atoms with Crippen molar-refractivity contribution in [1.29, 1.82) is 0 Å². The molecule has 0 aliphatic rings. The van der Waals surface area contributed by atoms with E-state index in [1.54, 1.807) is 0 Å². The van der Waals surface area contributed by atoms with Gasteiger partial charge in [0, 0.05) is 5.56 Å². The lowest BCUT2D eigenvalue weighted by Gasteiger charge is -2.15. The number of aliphatic hydroxyl groups is 2. The zero-order valence-corrected chi connectivity index (χ0v) is 13.0. The molecule has 0 fully saturated rings. The van der Waals surface area contributed by atoms with Crippen LogP contribution in [0.15, 0.2) is 24.3 Å². The van der Waals surface area contributed by atoms with E-state index in [9.17, 15) is 30.6 Å². The van der Waals surface area contributed by atoms with Gasteiger partial charge >= 0.3 is 0 Å². The summed E-state index contributed by atoms with van der Waals surface area (Å²) >= 11 is 0. The number of benzene rings is 2. The molecule has 0 spiro atoms. The summed E-state index contributed by atoms with van der Waals surface area (Å²) in [7, 11) is 0. The van der Waals surface area contributed by atoms with E-state index in [2.05, 4.69) is 0 Å². The summed E-state index contributed by atoms with van der Waals surface area (Å²) in [6.45, 7) is 2.85. The lowest BCUT2D eigenvalue weighted by atomic mass is 10.1. The van der Waals surface area contributed by atoms with Crippen molar-refractivity contribution < 1.29 is 40.4 Å². The molecule has 0 heterocycles. The maximum atomic E-state index is 10.0. The van der Waals surface area contributed by atoms with Crippen LogP contribution in [0, 0.1) is 0 Å². The molecule has 2 aromatic rings. The van der Waals surface area contributed by atoms with Crippen molar-refractivity contribution in [2.45, 2.75) is 26.1 Å². The quantitative estimate of drug-likeness (QED) is 0.276. The van der Waals surface area contributed by atoms with Gasteiger partial charge in [0.25, 0.3) is 5.75 Å². The number of phenolic OH excluding ortho intramolecular Hbond substituents is 4. The predicted octanol–water partition coefficient (Wildman–Crippen LogP) is 1.99. The van der Waals surface area contributed by atoms with Crippen molar-refractivity contribution in [2.24, 2.45) is 0 Å². The molecule has 2 atom stereocenters. The summed E-state index contributed by atoms with van der Waals surface area (Å²) in [6.07, 6.45) is -1.97. The molecule has 2 rings (SSSR count). The molecule has 0 amide bonds. The molecule has 2 unspecified atom stereocenters. The molecule has 0 bridgehead atoms. The van der Waals surface area contributed by atoms with E-state index in [-0.39, 0.29) is 16.9 Å². The number of aliphatic hydroxyl groups excluding tert-OH is 2. The number of hydrogen-bond acceptors (Lipinski definition) is 8. The van der Waals surface area contributed by atoms with Gasteiger partial charge in [0.15, 0.2) is 17.2 Å². The van der Waals surface area contributed by atoms with Gasteiger partial charge in [-0.15, -0.1) is 0 Å². The average molecular weight is 338 g/mol. The molecule has 0 aliphatic carbocycles. The van der Waals surface area contributed by atoms with Crippen LogP contribution in [0.1, 0.15) is 37.2 Å². The summed E-state index contributed by atoms with van der Waals surface area (Å²) in [5.41, 5.74) is 0.339. The van der Waals surface area contributed by atoms with Crippen LogP contribution in [0.3, 0.4) is 0 Å². The monoisotopic (exact) mass is 338 g/mol. The second-order valence-corrected chi connectivity index (χ2v) is 5.26. The zero-order chi connectivity index (χ0) is 18.0. The molecule has 2 aromatic carbocycles. The fourth-order valence-corrected chi connectivity index (χ4v) is 2.00. The lowest BCUT2D eigenvalue weighted by Crippen LogP contribution is -2.04. The minimum absolute atomic E-state index is 0.0937. The third-order valence-electron chi connectivity index (χ3n) is 3.37. The van der Waals surface area contributed by atoms with E-state index in [4.69, 9.17) is 9.78 Å². The Morgan fingerprint density at radius 1 is 0.792 bits per heavy atom. The van der Waals surface area contributed by atoms with Crippen LogP contribution in [0.5, 0.6) is 34.5 Å². The van der Waals surface area contributed by atoms with Gasteiger partial charge in [0.05, 0.1) is 12.2 Å². The van der Waals surface area contributed by atoms with E-state index in [0.29, 0.717) is 0 Å². The largest absolute Gasteiger partial charge is 0.504 e. The zero-order valence-electron chi connectivity index (χ0n) is 13.0. The fraction of sp³-hybridized carbons (Fsp3) is 0.250. The molecule has 0 radical (unpaired) electrons. The first-order valence-corrected chi connectivity index (χ1v) is 7.03. The molecular formula is C16H18O8. The smallest absolute Gasteiger partial charge is 0.261 e. The Labute approximate surface area is 137 Å². The summed E-state index contributed by atoms with van der Waals surface area (Å²) in [6, 6.07) is 4.85. The SMILES string of the molecule is CC(O)c1cc(O)c(O)c(OOc2c(O)ccc(C(C)O)c2O)c1. The van der Waals surface area contributed by atoms with Crippen LogP contribution < -0.4 is 9.78 Å². The number of aromatic hydroxyl groups is 4. The first kappa shape index (κ1) is 17.5. The highest BCUT2D eigenvalue weighted by molar-refractivity contribution is 5.55. The maximum Gasteiger partial charge on any atom is 0.261 e. The molecule has 8 heteroatoms. The molecule has 8 nitrogen and oxygen atoms in total. The number of hydrogen-bond donors (Lipinski definition) is 6. The molecular weight excluding hydrogens is 320 g/mol. The Morgan fingerprint density at radius 3 is 2.04 bits per heavy atom.